The quantitative estimate of drug-likeness (QED) is 0.776. The average molecular weight is 360 g/mol. The number of benzene rings is 2. The van der Waals surface area contributed by atoms with Crippen LogP contribution in [0.25, 0.3) is 0 Å². The molecular formula is C20H19F3N2O. The molecule has 6 heteroatoms. The van der Waals surface area contributed by atoms with Gasteiger partial charge in [-0.2, -0.15) is 13.2 Å². The van der Waals surface area contributed by atoms with Crippen molar-refractivity contribution in [2.75, 3.05) is 6.67 Å². The molecule has 0 saturated carbocycles. The number of aliphatic imine (C=N–C) groups is 1. The molecule has 0 N–H and O–H groups in total. The number of halogens is 3. The largest absolute Gasteiger partial charge is 0.416 e. The summed E-state index contributed by atoms with van der Waals surface area (Å²) in [6.07, 6.45) is -2.37. The van der Waals surface area contributed by atoms with Crippen molar-refractivity contribution >= 4 is 11.6 Å². The molecule has 0 aromatic heterocycles. The maximum absolute atomic E-state index is 12.9. The van der Waals surface area contributed by atoms with E-state index in [2.05, 4.69) is 11.9 Å². The number of nitrogens with zero attached hydrogens (tertiary/aromatic N) is 2. The normalized spacial score (nSPS) is 14.7. The lowest BCUT2D eigenvalue weighted by molar-refractivity contribution is -0.137. The molecule has 0 atom stereocenters. The molecule has 0 spiro atoms. The minimum Gasteiger partial charge on any atom is -0.313 e. The van der Waals surface area contributed by atoms with Crippen LogP contribution in [0.15, 0.2) is 53.5 Å². The van der Waals surface area contributed by atoms with Gasteiger partial charge in [0.05, 0.1) is 5.56 Å². The first-order valence-electron chi connectivity index (χ1n) is 8.47. The summed E-state index contributed by atoms with van der Waals surface area (Å²) in [5.74, 6) is -0.345. The molecule has 1 aliphatic heterocycles. The molecule has 26 heavy (non-hydrogen) atoms. The highest BCUT2D eigenvalue weighted by atomic mass is 19.4. The van der Waals surface area contributed by atoms with Gasteiger partial charge in [-0.25, -0.2) is 0 Å². The SMILES string of the molecule is CCCc1ccc(CN2CN=C(c3cccc(C(F)(F)F)c3)C2=O)cc1. The second-order valence-corrected chi connectivity index (χ2v) is 6.30. The Morgan fingerprint density at radius 2 is 1.77 bits per heavy atom. The van der Waals surface area contributed by atoms with Gasteiger partial charge in [-0.3, -0.25) is 9.79 Å². The minimum absolute atomic E-state index is 0.0821. The highest BCUT2D eigenvalue weighted by Gasteiger charge is 2.32. The van der Waals surface area contributed by atoms with E-state index in [0.29, 0.717) is 6.54 Å². The first-order valence-corrected chi connectivity index (χ1v) is 8.47. The molecular weight excluding hydrogens is 341 g/mol. The lowest BCUT2D eigenvalue weighted by Gasteiger charge is -2.15. The van der Waals surface area contributed by atoms with E-state index < -0.39 is 11.7 Å². The summed E-state index contributed by atoms with van der Waals surface area (Å²) in [4.78, 5) is 18.2. The predicted molar refractivity (Wildman–Crippen MR) is 93.8 cm³/mol. The van der Waals surface area contributed by atoms with Crippen LogP contribution in [0.4, 0.5) is 13.2 Å². The van der Waals surface area contributed by atoms with Crippen LogP contribution in [-0.4, -0.2) is 23.2 Å². The van der Waals surface area contributed by atoms with Crippen LogP contribution in [0.1, 0.15) is 35.6 Å². The number of aryl methyl sites for hydroxylation is 1. The van der Waals surface area contributed by atoms with Gasteiger partial charge in [-0.05, 0) is 29.7 Å². The molecule has 2 aromatic rings. The van der Waals surface area contributed by atoms with Crippen molar-refractivity contribution < 1.29 is 18.0 Å². The number of hydrogen-bond donors (Lipinski definition) is 0. The van der Waals surface area contributed by atoms with Gasteiger partial charge in [-0.15, -0.1) is 0 Å². The lowest BCUT2D eigenvalue weighted by Crippen LogP contribution is -2.30. The predicted octanol–water partition coefficient (Wildman–Crippen LogP) is 4.45. The zero-order chi connectivity index (χ0) is 18.7. The van der Waals surface area contributed by atoms with Gasteiger partial charge in [0.25, 0.3) is 5.91 Å². The highest BCUT2D eigenvalue weighted by molar-refractivity contribution is 6.46. The van der Waals surface area contributed by atoms with Gasteiger partial charge in [-0.1, -0.05) is 49.7 Å². The summed E-state index contributed by atoms with van der Waals surface area (Å²) in [6, 6.07) is 12.7. The third-order valence-corrected chi connectivity index (χ3v) is 4.29. The van der Waals surface area contributed by atoms with E-state index in [0.717, 1.165) is 30.5 Å². The van der Waals surface area contributed by atoms with Gasteiger partial charge >= 0.3 is 6.18 Å². The third-order valence-electron chi connectivity index (χ3n) is 4.29. The molecule has 0 radical (unpaired) electrons. The molecule has 3 rings (SSSR count). The summed E-state index contributed by atoms with van der Waals surface area (Å²) in [5.41, 5.74) is 1.71. The van der Waals surface area contributed by atoms with Crippen molar-refractivity contribution in [2.45, 2.75) is 32.5 Å². The fraction of sp³-hybridized carbons (Fsp3) is 0.300. The molecule has 2 aromatic carbocycles. The van der Waals surface area contributed by atoms with Crippen LogP contribution in [-0.2, 0) is 23.9 Å². The van der Waals surface area contributed by atoms with Crippen molar-refractivity contribution in [1.29, 1.82) is 0 Å². The second-order valence-electron chi connectivity index (χ2n) is 6.30. The van der Waals surface area contributed by atoms with E-state index in [1.165, 1.54) is 22.6 Å². The van der Waals surface area contributed by atoms with Gasteiger partial charge in [0.2, 0.25) is 0 Å². The summed E-state index contributed by atoms with van der Waals surface area (Å²) < 4.78 is 38.6. The Kier molecular flexibility index (Phi) is 5.11. The fourth-order valence-electron chi connectivity index (χ4n) is 2.94. The minimum atomic E-state index is -4.45. The maximum Gasteiger partial charge on any atom is 0.416 e. The Balaban J connectivity index is 1.71. The topological polar surface area (TPSA) is 32.7 Å². The molecule has 0 saturated heterocycles. The van der Waals surface area contributed by atoms with E-state index in [4.69, 9.17) is 0 Å². The van der Waals surface area contributed by atoms with E-state index >= 15 is 0 Å². The first kappa shape index (κ1) is 18.2. The molecule has 1 heterocycles. The lowest BCUT2D eigenvalue weighted by atomic mass is 10.1. The first-order chi connectivity index (χ1) is 12.4. The molecule has 136 valence electrons. The molecule has 0 fully saturated rings. The van der Waals surface area contributed by atoms with Crippen molar-refractivity contribution in [3.63, 3.8) is 0 Å². The van der Waals surface area contributed by atoms with E-state index in [1.807, 2.05) is 24.3 Å². The van der Waals surface area contributed by atoms with Crippen molar-refractivity contribution in [2.24, 2.45) is 4.99 Å². The number of carbonyl (C=O) groups excluding carboxylic acids is 1. The summed E-state index contributed by atoms with van der Waals surface area (Å²) >= 11 is 0. The standard InChI is InChI=1S/C20H19F3N2O/c1-2-4-14-7-9-15(10-8-14)12-25-13-24-18(19(25)26)16-5-3-6-17(11-16)20(21,22)23/h3,5-11H,2,4,12-13H2,1H3. The van der Waals surface area contributed by atoms with Gasteiger partial charge in [0.15, 0.2) is 0 Å². The Hall–Kier alpha value is -2.63. The average Bonchev–Trinajstić information content (AvgIpc) is 2.97. The van der Waals surface area contributed by atoms with Crippen LogP contribution < -0.4 is 0 Å². The highest BCUT2D eigenvalue weighted by Crippen LogP contribution is 2.30. The zero-order valence-corrected chi connectivity index (χ0v) is 14.4. The third kappa shape index (κ3) is 3.95. The Labute approximate surface area is 150 Å². The van der Waals surface area contributed by atoms with Crippen LogP contribution in [0.2, 0.25) is 0 Å². The number of hydrogen-bond acceptors (Lipinski definition) is 2. The van der Waals surface area contributed by atoms with Gasteiger partial charge < -0.3 is 4.90 Å². The molecule has 1 amide bonds. The van der Waals surface area contributed by atoms with E-state index in [1.54, 1.807) is 0 Å². The van der Waals surface area contributed by atoms with E-state index in [-0.39, 0.29) is 23.9 Å². The van der Waals surface area contributed by atoms with Crippen LogP contribution >= 0.6 is 0 Å². The van der Waals surface area contributed by atoms with Crippen molar-refractivity contribution in [3.8, 4) is 0 Å². The van der Waals surface area contributed by atoms with Crippen LogP contribution in [0.3, 0.4) is 0 Å². The van der Waals surface area contributed by atoms with Crippen molar-refractivity contribution in [3.05, 3.63) is 70.8 Å². The molecule has 0 unspecified atom stereocenters. The number of carbonyl (C=O) groups is 1. The number of alkyl halides is 3. The molecule has 3 nitrogen and oxygen atoms in total. The summed E-state index contributed by atoms with van der Waals surface area (Å²) in [5, 5.41) is 0. The Bertz CT molecular complexity index is 826. The number of rotatable bonds is 5. The summed E-state index contributed by atoms with van der Waals surface area (Å²) in [7, 11) is 0. The summed E-state index contributed by atoms with van der Waals surface area (Å²) in [6.45, 7) is 2.65. The molecule has 0 aliphatic carbocycles. The Morgan fingerprint density at radius 1 is 1.08 bits per heavy atom. The molecule has 0 bridgehead atoms. The second kappa shape index (κ2) is 7.32. The van der Waals surface area contributed by atoms with Gasteiger partial charge in [0.1, 0.15) is 12.4 Å². The van der Waals surface area contributed by atoms with E-state index in [9.17, 15) is 18.0 Å². The zero-order valence-electron chi connectivity index (χ0n) is 14.4. The van der Waals surface area contributed by atoms with Crippen LogP contribution in [0, 0.1) is 0 Å². The Morgan fingerprint density at radius 3 is 2.42 bits per heavy atom. The maximum atomic E-state index is 12.9. The smallest absolute Gasteiger partial charge is 0.313 e. The fourth-order valence-corrected chi connectivity index (χ4v) is 2.94. The monoisotopic (exact) mass is 360 g/mol. The number of amides is 1. The van der Waals surface area contributed by atoms with Crippen LogP contribution in [0.5, 0.6) is 0 Å². The van der Waals surface area contributed by atoms with Crippen molar-refractivity contribution in [1.82, 2.24) is 4.90 Å². The molecule has 1 aliphatic rings. The van der Waals surface area contributed by atoms with Gasteiger partial charge in [0, 0.05) is 12.1 Å².